The number of nitrogens with zero attached hydrogens (tertiary/aromatic N) is 2. The van der Waals surface area contributed by atoms with Crippen LogP contribution in [-0.2, 0) is 0 Å². The van der Waals surface area contributed by atoms with Crippen LogP contribution in [-0.4, -0.2) is 26.2 Å². The van der Waals surface area contributed by atoms with Gasteiger partial charge in [0.05, 0.1) is 0 Å². The smallest absolute Gasteiger partial charge is 0.0372 e. The van der Waals surface area contributed by atoms with Crippen LogP contribution in [0.5, 0.6) is 0 Å². The van der Waals surface area contributed by atoms with Crippen molar-refractivity contribution >= 4 is 32.9 Å². The van der Waals surface area contributed by atoms with E-state index in [4.69, 9.17) is 0 Å². The normalized spacial score (nSPS) is 14.4. The highest BCUT2D eigenvalue weighted by atomic mass is 15.1. The fourth-order valence-corrected chi connectivity index (χ4v) is 10.3. The maximum absolute atomic E-state index is 2.62. The molecule has 2 heteroatoms. The van der Waals surface area contributed by atoms with Gasteiger partial charge in [0.25, 0.3) is 0 Å². The van der Waals surface area contributed by atoms with Gasteiger partial charge in [0.2, 0.25) is 0 Å². The van der Waals surface area contributed by atoms with Crippen molar-refractivity contribution in [1.82, 2.24) is 0 Å². The van der Waals surface area contributed by atoms with Gasteiger partial charge < -0.3 is 9.80 Å². The number of benzene rings is 9. The van der Waals surface area contributed by atoms with Gasteiger partial charge in [0, 0.05) is 37.6 Å². The number of hydrogen-bond acceptors (Lipinski definition) is 2. The molecule has 62 heavy (non-hydrogen) atoms. The summed E-state index contributed by atoms with van der Waals surface area (Å²) < 4.78 is 0. The molecule has 2 aliphatic rings. The van der Waals surface area contributed by atoms with Gasteiger partial charge >= 0.3 is 0 Å². The molecule has 302 valence electrons. The lowest BCUT2D eigenvalue weighted by Gasteiger charge is -2.30. The molecule has 2 fully saturated rings. The third kappa shape index (κ3) is 7.45. The molecule has 9 aromatic carbocycles. The van der Waals surface area contributed by atoms with E-state index in [9.17, 15) is 0 Å². The summed E-state index contributed by atoms with van der Waals surface area (Å²) in [5, 5.41) is 5.19. The van der Waals surface area contributed by atoms with Crippen LogP contribution >= 0.6 is 0 Å². The van der Waals surface area contributed by atoms with Crippen LogP contribution in [0.25, 0.3) is 88.3 Å². The highest BCUT2D eigenvalue weighted by Gasteiger charge is 2.23. The molecule has 0 aliphatic carbocycles. The predicted octanol–water partition coefficient (Wildman–Crippen LogP) is 16.0. The molecule has 0 aromatic heterocycles. The van der Waals surface area contributed by atoms with Crippen molar-refractivity contribution in [2.24, 2.45) is 0 Å². The van der Waals surface area contributed by atoms with Gasteiger partial charge in [-0.2, -0.15) is 0 Å². The lowest BCUT2D eigenvalue weighted by atomic mass is 9.83. The van der Waals surface area contributed by atoms with Gasteiger partial charge in [-0.3, -0.25) is 0 Å². The van der Waals surface area contributed by atoms with Crippen molar-refractivity contribution < 1.29 is 0 Å². The van der Waals surface area contributed by atoms with Crippen LogP contribution in [0, 0.1) is 0 Å². The predicted molar refractivity (Wildman–Crippen MR) is 266 cm³/mol. The van der Waals surface area contributed by atoms with Crippen LogP contribution < -0.4 is 9.80 Å². The van der Waals surface area contributed by atoms with Gasteiger partial charge in [-0.15, -0.1) is 0 Å². The van der Waals surface area contributed by atoms with E-state index >= 15 is 0 Å². The summed E-state index contributed by atoms with van der Waals surface area (Å²) in [6.45, 7) is 4.40. The van der Waals surface area contributed by atoms with E-state index in [0.717, 1.165) is 26.2 Å². The second-order valence-corrected chi connectivity index (χ2v) is 17.4. The first-order valence-corrected chi connectivity index (χ1v) is 22.8. The maximum atomic E-state index is 2.62. The van der Waals surface area contributed by atoms with Crippen LogP contribution in [0.2, 0.25) is 0 Å². The van der Waals surface area contributed by atoms with Crippen molar-refractivity contribution in [3.63, 3.8) is 0 Å². The molecule has 0 bridgehead atoms. The standard InChI is InChI=1S/C60H52N2/c1-7-19-43(20-8-1)47-35-48(44-21-9-2-10-22-44)38-51(37-47)59-55-29-27-54(62-33-17-6-18-34-62)42-58(55)60(56-30-28-53(41-57(56)59)61-31-15-5-16-32-61)52-39-49(45-23-11-3-12-24-45)36-50(40-52)46-25-13-4-14-26-46/h1-4,7-14,19-30,35-42H,5-6,15-18,31-34H2. The first kappa shape index (κ1) is 38.1. The average Bonchev–Trinajstić information content (AvgIpc) is 3.36. The molecule has 11 rings (SSSR count). The van der Waals surface area contributed by atoms with E-state index in [2.05, 4.69) is 204 Å². The SMILES string of the molecule is c1ccc(-c2cc(-c3ccccc3)cc(-c3c4ccc(N5CCCCC5)cc4c(-c4cc(-c5ccccc5)cc(-c5ccccc5)c4)c4ccc(N5CCCCC5)cc34)c2)cc1. The number of piperidine rings is 2. The molecular formula is C60H52N2. The number of hydrogen-bond donors (Lipinski definition) is 0. The van der Waals surface area contributed by atoms with E-state index in [1.54, 1.807) is 0 Å². The molecule has 2 aliphatic heterocycles. The van der Waals surface area contributed by atoms with Gasteiger partial charge in [-0.05, 0) is 187 Å². The quantitative estimate of drug-likeness (QED) is 0.141. The maximum Gasteiger partial charge on any atom is 0.0372 e. The van der Waals surface area contributed by atoms with Crippen molar-refractivity contribution in [2.75, 3.05) is 36.0 Å². The molecule has 9 aromatic rings. The van der Waals surface area contributed by atoms with Crippen LogP contribution in [0.1, 0.15) is 38.5 Å². The Bertz CT molecular complexity index is 2670. The monoisotopic (exact) mass is 800 g/mol. The van der Waals surface area contributed by atoms with Gasteiger partial charge in [-0.25, -0.2) is 0 Å². The average molecular weight is 801 g/mol. The van der Waals surface area contributed by atoms with Crippen molar-refractivity contribution in [1.29, 1.82) is 0 Å². The molecule has 0 atom stereocenters. The Hall–Kier alpha value is -6.90. The molecule has 0 unspecified atom stereocenters. The van der Waals surface area contributed by atoms with E-state index < -0.39 is 0 Å². The molecule has 0 N–H and O–H groups in total. The van der Waals surface area contributed by atoms with E-state index in [1.807, 2.05) is 0 Å². The fourth-order valence-electron chi connectivity index (χ4n) is 10.3. The van der Waals surface area contributed by atoms with Crippen molar-refractivity contribution in [3.8, 4) is 66.8 Å². The summed E-state index contributed by atoms with van der Waals surface area (Å²) in [5.41, 5.74) is 17.6. The minimum atomic E-state index is 1.10. The third-order valence-corrected chi connectivity index (χ3v) is 13.4. The third-order valence-electron chi connectivity index (χ3n) is 13.4. The largest absolute Gasteiger partial charge is 0.372 e. The summed E-state index contributed by atoms with van der Waals surface area (Å²) in [6, 6.07) is 73.1. The molecule has 2 saturated heterocycles. The summed E-state index contributed by atoms with van der Waals surface area (Å²) >= 11 is 0. The fraction of sp³-hybridized carbons (Fsp3) is 0.167. The topological polar surface area (TPSA) is 6.48 Å². The summed E-state index contributed by atoms with van der Waals surface area (Å²) in [6.07, 6.45) is 7.56. The highest BCUT2D eigenvalue weighted by molar-refractivity contribution is 6.23. The Kier molecular flexibility index (Phi) is 10.4. The Morgan fingerprint density at radius 2 is 0.516 bits per heavy atom. The molecule has 0 amide bonds. The Balaban J connectivity index is 1.26. The second kappa shape index (κ2) is 16.9. The van der Waals surface area contributed by atoms with Crippen LogP contribution in [0.4, 0.5) is 11.4 Å². The van der Waals surface area contributed by atoms with E-state index in [-0.39, 0.29) is 0 Å². The van der Waals surface area contributed by atoms with Crippen molar-refractivity contribution in [2.45, 2.75) is 38.5 Å². The Labute approximate surface area is 366 Å². The lowest BCUT2D eigenvalue weighted by molar-refractivity contribution is 0.578. The van der Waals surface area contributed by atoms with Gasteiger partial charge in [0.15, 0.2) is 0 Å². The highest BCUT2D eigenvalue weighted by Crippen LogP contribution is 2.48. The van der Waals surface area contributed by atoms with Crippen LogP contribution in [0.15, 0.2) is 194 Å². The summed E-state index contributed by atoms with van der Waals surface area (Å²) in [5.74, 6) is 0. The number of rotatable bonds is 8. The van der Waals surface area contributed by atoms with Crippen LogP contribution in [0.3, 0.4) is 0 Å². The molecule has 2 nitrogen and oxygen atoms in total. The van der Waals surface area contributed by atoms with E-state index in [0.29, 0.717) is 0 Å². The second-order valence-electron chi connectivity index (χ2n) is 17.4. The first-order chi connectivity index (χ1) is 30.7. The molecular weight excluding hydrogens is 749 g/mol. The molecule has 0 spiro atoms. The minimum Gasteiger partial charge on any atom is -0.372 e. The minimum absolute atomic E-state index is 1.10. The zero-order chi connectivity index (χ0) is 41.2. The molecule has 2 heterocycles. The Morgan fingerprint density at radius 1 is 0.226 bits per heavy atom. The molecule has 0 saturated carbocycles. The Morgan fingerprint density at radius 3 is 0.823 bits per heavy atom. The number of fused-ring (bicyclic) bond motifs is 2. The first-order valence-electron chi connectivity index (χ1n) is 22.8. The summed E-state index contributed by atoms with van der Waals surface area (Å²) in [4.78, 5) is 5.24. The zero-order valence-electron chi connectivity index (χ0n) is 35.4. The van der Waals surface area contributed by atoms with Crippen molar-refractivity contribution in [3.05, 3.63) is 194 Å². The zero-order valence-corrected chi connectivity index (χ0v) is 35.4. The summed E-state index contributed by atoms with van der Waals surface area (Å²) in [7, 11) is 0. The van der Waals surface area contributed by atoms with Gasteiger partial charge in [0.1, 0.15) is 0 Å². The van der Waals surface area contributed by atoms with Gasteiger partial charge in [-0.1, -0.05) is 133 Å². The molecule has 0 radical (unpaired) electrons. The number of anilines is 2. The van der Waals surface area contributed by atoms with E-state index in [1.165, 1.54) is 138 Å². The lowest BCUT2D eigenvalue weighted by Crippen LogP contribution is -2.29.